The van der Waals surface area contributed by atoms with Gasteiger partial charge in [-0.2, -0.15) is 18.2 Å². The second-order valence-electron chi connectivity index (χ2n) is 6.31. The van der Waals surface area contributed by atoms with Gasteiger partial charge in [0.15, 0.2) is 0 Å². The van der Waals surface area contributed by atoms with Crippen LogP contribution in [0.15, 0.2) is 47.0 Å². The van der Waals surface area contributed by atoms with Crippen LogP contribution < -0.4 is 4.74 Å². The van der Waals surface area contributed by atoms with Crippen LogP contribution in [0.25, 0.3) is 11.4 Å². The van der Waals surface area contributed by atoms with E-state index in [1.807, 2.05) is 24.3 Å². The Kier molecular flexibility index (Phi) is 4.29. The molecule has 1 amide bonds. The van der Waals surface area contributed by atoms with Crippen molar-refractivity contribution in [3.63, 3.8) is 0 Å². The second-order valence-corrected chi connectivity index (χ2v) is 6.31. The largest absolute Gasteiger partial charge is 0.497 e. The molecule has 0 N–H and O–H groups in total. The molecule has 1 aliphatic heterocycles. The lowest BCUT2D eigenvalue weighted by molar-refractivity contribution is -0.159. The maximum Gasteiger partial charge on any atom is 0.471 e. The van der Waals surface area contributed by atoms with Gasteiger partial charge in [-0.25, -0.2) is 0 Å². The van der Waals surface area contributed by atoms with E-state index in [4.69, 9.17) is 4.74 Å². The molecular formula is C19H14F3N3O3. The zero-order valence-corrected chi connectivity index (χ0v) is 14.7. The number of hydrogen-bond acceptors (Lipinski definition) is 5. The number of hydrogen-bond donors (Lipinski definition) is 0. The maximum absolute atomic E-state index is 12.8. The number of methoxy groups -OCH3 is 1. The van der Waals surface area contributed by atoms with Crippen molar-refractivity contribution in [1.29, 1.82) is 0 Å². The molecule has 0 radical (unpaired) electrons. The fourth-order valence-corrected chi connectivity index (χ4v) is 3.08. The number of nitrogens with zero attached hydrogens (tertiary/aromatic N) is 3. The van der Waals surface area contributed by atoms with Crippen molar-refractivity contribution in [2.24, 2.45) is 0 Å². The van der Waals surface area contributed by atoms with E-state index in [-0.39, 0.29) is 17.3 Å². The van der Waals surface area contributed by atoms with Gasteiger partial charge in [0.05, 0.1) is 7.11 Å². The number of aromatic nitrogens is 2. The summed E-state index contributed by atoms with van der Waals surface area (Å²) in [5, 5.41) is 3.36. The van der Waals surface area contributed by atoms with Crippen molar-refractivity contribution in [3.05, 3.63) is 65.0 Å². The number of amides is 1. The summed E-state index contributed by atoms with van der Waals surface area (Å²) in [6.45, 7) is 0.798. The summed E-state index contributed by atoms with van der Waals surface area (Å²) >= 11 is 0. The van der Waals surface area contributed by atoms with E-state index in [1.165, 1.54) is 6.07 Å². The summed E-state index contributed by atoms with van der Waals surface area (Å²) in [5.74, 6) is -1.15. The first-order valence-corrected chi connectivity index (χ1v) is 8.31. The number of ether oxygens (including phenoxy) is 1. The van der Waals surface area contributed by atoms with Gasteiger partial charge in [0.1, 0.15) is 5.75 Å². The number of halogens is 3. The molecule has 144 valence electrons. The van der Waals surface area contributed by atoms with Gasteiger partial charge in [-0.05, 0) is 29.3 Å². The first kappa shape index (κ1) is 18.0. The zero-order valence-electron chi connectivity index (χ0n) is 14.7. The van der Waals surface area contributed by atoms with Gasteiger partial charge >= 0.3 is 12.1 Å². The van der Waals surface area contributed by atoms with Crippen LogP contribution in [0.5, 0.6) is 5.75 Å². The van der Waals surface area contributed by atoms with Crippen molar-refractivity contribution in [1.82, 2.24) is 15.0 Å². The molecule has 0 saturated heterocycles. The van der Waals surface area contributed by atoms with E-state index < -0.39 is 12.1 Å². The highest BCUT2D eigenvalue weighted by Gasteiger charge is 2.38. The van der Waals surface area contributed by atoms with Crippen LogP contribution in [0, 0.1) is 0 Å². The highest BCUT2D eigenvalue weighted by Crippen LogP contribution is 2.32. The minimum atomic E-state index is -4.72. The van der Waals surface area contributed by atoms with Crippen LogP contribution in [0.2, 0.25) is 0 Å². The summed E-state index contributed by atoms with van der Waals surface area (Å²) in [4.78, 5) is 17.8. The predicted molar refractivity (Wildman–Crippen MR) is 91.3 cm³/mol. The van der Waals surface area contributed by atoms with E-state index in [2.05, 4.69) is 14.7 Å². The molecule has 1 aromatic heterocycles. The van der Waals surface area contributed by atoms with Gasteiger partial charge in [-0.15, -0.1) is 0 Å². The fourth-order valence-electron chi connectivity index (χ4n) is 3.08. The number of rotatable bonds is 4. The number of alkyl halides is 3. The van der Waals surface area contributed by atoms with Gasteiger partial charge in [0.2, 0.25) is 5.82 Å². The van der Waals surface area contributed by atoms with Gasteiger partial charge in [-0.1, -0.05) is 29.4 Å². The zero-order chi connectivity index (χ0) is 19.9. The third-order valence-electron chi connectivity index (χ3n) is 4.42. The molecular weight excluding hydrogens is 375 g/mol. The number of benzene rings is 2. The third-order valence-corrected chi connectivity index (χ3v) is 4.42. The van der Waals surface area contributed by atoms with Crippen LogP contribution in [0.3, 0.4) is 0 Å². The van der Waals surface area contributed by atoms with E-state index in [0.717, 1.165) is 11.1 Å². The molecule has 0 saturated carbocycles. The van der Waals surface area contributed by atoms with Crippen LogP contribution in [-0.2, 0) is 19.3 Å². The smallest absolute Gasteiger partial charge is 0.471 e. The molecule has 0 fully saturated rings. The molecule has 0 spiro atoms. The molecule has 0 bridgehead atoms. The Labute approximate surface area is 157 Å². The van der Waals surface area contributed by atoms with E-state index in [1.54, 1.807) is 24.1 Å². The van der Waals surface area contributed by atoms with E-state index >= 15 is 0 Å². The first-order chi connectivity index (χ1) is 13.3. The third kappa shape index (κ3) is 3.30. The molecule has 3 aromatic rings. The Hall–Kier alpha value is -3.36. The molecule has 0 unspecified atom stereocenters. The molecule has 6 nitrogen and oxygen atoms in total. The standard InChI is InChI=1S/C19H14F3N3O3/c1-27-14-4-2-3-11(7-14)9-25-10-13-6-5-12(8-15(13)17(25)26)16-23-18(28-24-16)19(20,21)22/h2-8H,9-10H2,1H3. The fraction of sp³-hybridized carbons (Fsp3) is 0.211. The molecule has 2 heterocycles. The van der Waals surface area contributed by atoms with E-state index in [9.17, 15) is 18.0 Å². The van der Waals surface area contributed by atoms with E-state index in [0.29, 0.717) is 24.4 Å². The number of carbonyl (C=O) groups is 1. The van der Waals surface area contributed by atoms with Crippen LogP contribution in [0.4, 0.5) is 13.2 Å². The molecule has 28 heavy (non-hydrogen) atoms. The summed E-state index contributed by atoms with van der Waals surface area (Å²) in [6, 6.07) is 12.2. The molecule has 2 aromatic carbocycles. The lowest BCUT2D eigenvalue weighted by Gasteiger charge is -2.16. The maximum atomic E-state index is 12.8. The number of carbonyl (C=O) groups excluding carboxylic acids is 1. The van der Waals surface area contributed by atoms with Gasteiger partial charge < -0.3 is 14.2 Å². The Morgan fingerprint density at radius 1 is 1.21 bits per heavy atom. The quantitative estimate of drug-likeness (QED) is 0.677. The minimum Gasteiger partial charge on any atom is -0.497 e. The van der Waals surface area contributed by atoms with Crippen molar-refractivity contribution in [2.75, 3.05) is 7.11 Å². The summed E-state index contributed by atoms with van der Waals surface area (Å²) in [7, 11) is 1.57. The van der Waals surface area contributed by atoms with Crippen LogP contribution in [0.1, 0.15) is 27.4 Å². The topological polar surface area (TPSA) is 68.5 Å². The van der Waals surface area contributed by atoms with Gasteiger partial charge in [0, 0.05) is 24.2 Å². The average molecular weight is 389 g/mol. The van der Waals surface area contributed by atoms with Crippen molar-refractivity contribution >= 4 is 5.91 Å². The highest BCUT2D eigenvalue weighted by molar-refractivity contribution is 5.99. The Morgan fingerprint density at radius 2 is 2.04 bits per heavy atom. The highest BCUT2D eigenvalue weighted by atomic mass is 19.4. The SMILES string of the molecule is COc1cccc(CN2Cc3ccc(-c4noc(C(F)(F)F)n4)cc3C2=O)c1. The first-order valence-electron chi connectivity index (χ1n) is 8.31. The molecule has 4 rings (SSSR count). The molecule has 1 aliphatic rings. The lowest BCUT2D eigenvalue weighted by Crippen LogP contribution is -2.23. The van der Waals surface area contributed by atoms with Crippen molar-refractivity contribution in [3.8, 4) is 17.1 Å². The molecule has 9 heteroatoms. The average Bonchev–Trinajstić information content (AvgIpc) is 3.28. The number of fused-ring (bicyclic) bond motifs is 1. The second kappa shape index (κ2) is 6.66. The Balaban J connectivity index is 1.57. The van der Waals surface area contributed by atoms with Gasteiger partial charge in [0.25, 0.3) is 5.91 Å². The monoisotopic (exact) mass is 389 g/mol. The van der Waals surface area contributed by atoms with Crippen LogP contribution in [-0.4, -0.2) is 28.1 Å². The summed E-state index contributed by atoms with van der Waals surface area (Å²) < 4.78 is 47.4. The Morgan fingerprint density at radius 3 is 2.75 bits per heavy atom. The normalized spacial score (nSPS) is 13.7. The summed E-state index contributed by atoms with van der Waals surface area (Å²) in [6.07, 6.45) is -4.72. The van der Waals surface area contributed by atoms with Crippen molar-refractivity contribution < 1.29 is 27.2 Å². The predicted octanol–water partition coefficient (Wildman–Crippen LogP) is 3.92. The summed E-state index contributed by atoms with van der Waals surface area (Å²) in [5.41, 5.74) is 2.40. The minimum absolute atomic E-state index is 0.209. The molecule has 0 aliphatic carbocycles. The van der Waals surface area contributed by atoms with Gasteiger partial charge in [-0.3, -0.25) is 4.79 Å². The van der Waals surface area contributed by atoms with Crippen molar-refractivity contribution in [2.45, 2.75) is 19.3 Å². The lowest BCUT2D eigenvalue weighted by atomic mass is 10.1. The molecule has 0 atom stereocenters. The van der Waals surface area contributed by atoms with Crippen LogP contribution >= 0.6 is 0 Å². The Bertz CT molecular complexity index is 1050.